The number of rotatable bonds is 5. The van der Waals surface area contributed by atoms with Crippen LogP contribution in [0.1, 0.15) is 17.4 Å². The van der Waals surface area contributed by atoms with Gasteiger partial charge in [-0.05, 0) is 42.5 Å². The molecule has 0 spiro atoms. The number of anilines is 1. The number of carbonyl (C=O) groups is 2. The van der Waals surface area contributed by atoms with E-state index in [9.17, 15) is 14.7 Å². The van der Waals surface area contributed by atoms with Crippen molar-refractivity contribution in [2.24, 2.45) is 0 Å². The normalized spacial score (nSPS) is 17.9. The van der Waals surface area contributed by atoms with Gasteiger partial charge in [0.15, 0.2) is 11.5 Å². The van der Waals surface area contributed by atoms with Gasteiger partial charge in [0.05, 0.1) is 26.1 Å². The van der Waals surface area contributed by atoms with E-state index in [0.717, 1.165) is 0 Å². The standard InChI is InChI=1S/C23H19NO6/c1-28-16-11-10-14(13-18(16)29-2)21(25)19-20(17-9-6-12-30-17)24(23(27)22(19)26)15-7-4-3-5-8-15/h3-13,20,25H,1-2H3/b21-19-. The Morgan fingerprint density at radius 1 is 0.967 bits per heavy atom. The molecule has 0 aliphatic carbocycles. The maximum atomic E-state index is 13.0. The predicted octanol–water partition coefficient (Wildman–Crippen LogP) is 3.92. The Morgan fingerprint density at radius 2 is 1.70 bits per heavy atom. The maximum absolute atomic E-state index is 13.0. The summed E-state index contributed by atoms with van der Waals surface area (Å²) in [6.07, 6.45) is 1.46. The van der Waals surface area contributed by atoms with Crippen LogP contribution in [0.4, 0.5) is 5.69 Å². The van der Waals surface area contributed by atoms with E-state index in [0.29, 0.717) is 28.5 Å². The summed E-state index contributed by atoms with van der Waals surface area (Å²) in [5, 5.41) is 11.1. The van der Waals surface area contributed by atoms with E-state index >= 15 is 0 Å². The van der Waals surface area contributed by atoms with Gasteiger partial charge in [-0.3, -0.25) is 14.5 Å². The molecule has 1 aliphatic heterocycles. The second-order valence-electron chi connectivity index (χ2n) is 6.59. The molecule has 1 saturated heterocycles. The number of hydrogen-bond acceptors (Lipinski definition) is 6. The zero-order chi connectivity index (χ0) is 21.3. The highest BCUT2D eigenvalue weighted by molar-refractivity contribution is 6.51. The molecule has 1 N–H and O–H groups in total. The molecule has 7 heteroatoms. The summed E-state index contributed by atoms with van der Waals surface area (Å²) < 4.78 is 16.0. The van der Waals surface area contributed by atoms with Crippen LogP contribution < -0.4 is 14.4 Å². The van der Waals surface area contributed by atoms with Crippen LogP contribution in [-0.4, -0.2) is 31.0 Å². The van der Waals surface area contributed by atoms with Gasteiger partial charge in [0.1, 0.15) is 17.6 Å². The molecule has 1 amide bonds. The molecule has 1 aromatic heterocycles. The first-order valence-electron chi connectivity index (χ1n) is 9.18. The Balaban J connectivity index is 1.91. The Kier molecular flexibility index (Phi) is 5.02. The van der Waals surface area contributed by atoms with E-state index in [2.05, 4.69) is 0 Å². The predicted molar refractivity (Wildman–Crippen MR) is 109 cm³/mol. The Labute approximate surface area is 172 Å². The third-order valence-electron chi connectivity index (χ3n) is 4.95. The fourth-order valence-corrected chi connectivity index (χ4v) is 3.54. The number of para-hydroxylation sites is 1. The molecule has 3 aromatic rings. The summed E-state index contributed by atoms with van der Waals surface area (Å²) in [5.74, 6) is -0.652. The third-order valence-corrected chi connectivity index (χ3v) is 4.95. The Hall–Kier alpha value is -4.00. The van der Waals surface area contributed by atoms with Crippen molar-refractivity contribution in [1.82, 2.24) is 0 Å². The largest absolute Gasteiger partial charge is 0.507 e. The first-order valence-corrected chi connectivity index (χ1v) is 9.18. The van der Waals surface area contributed by atoms with Crippen LogP contribution in [0.5, 0.6) is 11.5 Å². The average Bonchev–Trinajstić information content (AvgIpc) is 3.40. The highest BCUT2D eigenvalue weighted by Gasteiger charge is 2.48. The number of ether oxygens (including phenoxy) is 2. The minimum atomic E-state index is -0.907. The van der Waals surface area contributed by atoms with Crippen molar-refractivity contribution < 1.29 is 28.6 Å². The average molecular weight is 405 g/mol. The fraction of sp³-hybridized carbons (Fsp3) is 0.130. The van der Waals surface area contributed by atoms with Gasteiger partial charge < -0.3 is 19.0 Å². The molecule has 152 valence electrons. The van der Waals surface area contributed by atoms with E-state index in [1.807, 2.05) is 6.07 Å². The van der Waals surface area contributed by atoms with Crippen LogP contribution in [-0.2, 0) is 9.59 Å². The van der Waals surface area contributed by atoms with Gasteiger partial charge in [-0.15, -0.1) is 0 Å². The van der Waals surface area contributed by atoms with Crippen molar-refractivity contribution in [3.63, 3.8) is 0 Å². The molecule has 1 aliphatic rings. The monoisotopic (exact) mass is 405 g/mol. The number of aliphatic hydroxyl groups is 1. The summed E-state index contributed by atoms with van der Waals surface area (Å²) in [5.41, 5.74) is 0.772. The van der Waals surface area contributed by atoms with Gasteiger partial charge in [0.25, 0.3) is 11.7 Å². The van der Waals surface area contributed by atoms with Crippen LogP contribution in [0.2, 0.25) is 0 Å². The number of benzene rings is 2. The summed E-state index contributed by atoms with van der Waals surface area (Å²) in [4.78, 5) is 27.2. The SMILES string of the molecule is COc1ccc(/C(O)=C2/C(=O)C(=O)N(c3ccccc3)C2c2ccco2)cc1OC. The van der Waals surface area contributed by atoms with E-state index in [1.54, 1.807) is 54.6 Å². The molecule has 0 radical (unpaired) electrons. The summed E-state index contributed by atoms with van der Waals surface area (Å²) >= 11 is 0. The Bertz CT molecular complexity index is 1120. The van der Waals surface area contributed by atoms with Crippen LogP contribution in [0.15, 0.2) is 76.9 Å². The van der Waals surface area contributed by atoms with E-state index in [4.69, 9.17) is 13.9 Å². The zero-order valence-corrected chi connectivity index (χ0v) is 16.4. The second kappa shape index (κ2) is 7.79. The molecular formula is C23H19NO6. The number of amides is 1. The van der Waals surface area contributed by atoms with Crippen LogP contribution in [0.25, 0.3) is 5.76 Å². The molecule has 2 heterocycles. The van der Waals surface area contributed by atoms with E-state index in [1.165, 1.54) is 25.4 Å². The molecule has 2 aromatic carbocycles. The van der Waals surface area contributed by atoms with Gasteiger partial charge >= 0.3 is 0 Å². The maximum Gasteiger partial charge on any atom is 0.300 e. The molecule has 1 atom stereocenters. The second-order valence-corrected chi connectivity index (χ2v) is 6.59. The molecule has 4 rings (SSSR count). The molecule has 30 heavy (non-hydrogen) atoms. The third kappa shape index (κ3) is 3.10. The van der Waals surface area contributed by atoms with E-state index in [-0.39, 0.29) is 11.3 Å². The topological polar surface area (TPSA) is 89.2 Å². The van der Waals surface area contributed by atoms with Gasteiger partial charge in [-0.25, -0.2) is 0 Å². The van der Waals surface area contributed by atoms with Crippen molar-refractivity contribution >= 4 is 23.1 Å². The lowest BCUT2D eigenvalue weighted by Crippen LogP contribution is -2.29. The molecule has 1 fully saturated rings. The molecule has 0 bridgehead atoms. The van der Waals surface area contributed by atoms with Crippen molar-refractivity contribution in [1.29, 1.82) is 0 Å². The van der Waals surface area contributed by atoms with Crippen molar-refractivity contribution in [3.05, 3.63) is 83.8 Å². The first-order chi connectivity index (χ1) is 14.6. The van der Waals surface area contributed by atoms with Gasteiger partial charge in [0.2, 0.25) is 0 Å². The first kappa shape index (κ1) is 19.3. The lowest BCUT2D eigenvalue weighted by atomic mass is 9.99. The fourth-order valence-electron chi connectivity index (χ4n) is 3.54. The van der Waals surface area contributed by atoms with E-state index < -0.39 is 17.7 Å². The zero-order valence-electron chi connectivity index (χ0n) is 16.4. The summed E-state index contributed by atoms with van der Waals surface area (Å²) in [6, 6.07) is 15.9. The van der Waals surface area contributed by atoms with Gasteiger partial charge in [-0.1, -0.05) is 18.2 Å². The lowest BCUT2D eigenvalue weighted by molar-refractivity contribution is -0.132. The van der Waals surface area contributed by atoms with Crippen molar-refractivity contribution in [2.45, 2.75) is 6.04 Å². The number of hydrogen-bond donors (Lipinski definition) is 1. The van der Waals surface area contributed by atoms with Crippen molar-refractivity contribution in [2.75, 3.05) is 19.1 Å². The molecule has 1 unspecified atom stereocenters. The van der Waals surface area contributed by atoms with Crippen LogP contribution >= 0.6 is 0 Å². The van der Waals surface area contributed by atoms with Gasteiger partial charge in [-0.2, -0.15) is 0 Å². The molecule has 7 nitrogen and oxygen atoms in total. The number of Topliss-reactive ketones (excluding diaryl/α,β-unsaturated/α-hetero) is 1. The number of furan rings is 1. The number of carbonyl (C=O) groups excluding carboxylic acids is 2. The quantitative estimate of drug-likeness (QED) is 0.393. The minimum Gasteiger partial charge on any atom is -0.507 e. The van der Waals surface area contributed by atoms with Crippen LogP contribution in [0, 0.1) is 0 Å². The lowest BCUT2D eigenvalue weighted by Gasteiger charge is -2.23. The summed E-state index contributed by atoms with van der Waals surface area (Å²) in [7, 11) is 2.97. The summed E-state index contributed by atoms with van der Waals surface area (Å²) in [6.45, 7) is 0. The van der Waals surface area contributed by atoms with Crippen LogP contribution in [0.3, 0.4) is 0 Å². The molecule has 0 saturated carbocycles. The number of ketones is 1. The highest BCUT2D eigenvalue weighted by Crippen LogP contribution is 2.42. The smallest absolute Gasteiger partial charge is 0.300 e. The van der Waals surface area contributed by atoms with Crippen molar-refractivity contribution in [3.8, 4) is 11.5 Å². The number of aliphatic hydroxyl groups excluding tert-OH is 1. The number of nitrogens with zero attached hydrogens (tertiary/aromatic N) is 1. The minimum absolute atomic E-state index is 0.0639. The Morgan fingerprint density at radius 3 is 2.33 bits per heavy atom. The number of methoxy groups -OCH3 is 2. The highest BCUT2D eigenvalue weighted by atomic mass is 16.5. The molecular weight excluding hydrogens is 386 g/mol. The van der Waals surface area contributed by atoms with Gasteiger partial charge in [0, 0.05) is 11.3 Å².